The van der Waals surface area contributed by atoms with Crippen LogP contribution in [0.5, 0.6) is 0 Å². The molecule has 0 aliphatic heterocycles. The lowest BCUT2D eigenvalue weighted by Gasteiger charge is -2.39. The molecule has 1 saturated carbocycles. The van der Waals surface area contributed by atoms with E-state index in [2.05, 4.69) is 20.8 Å². The minimum atomic E-state index is 1.04. The highest BCUT2D eigenvalue weighted by molar-refractivity contribution is 4.75. The van der Waals surface area contributed by atoms with Crippen molar-refractivity contribution < 1.29 is 4.48 Å². The molecule has 13 heavy (non-hydrogen) atoms. The van der Waals surface area contributed by atoms with Gasteiger partial charge in [-0.1, -0.05) is 20.8 Å². The van der Waals surface area contributed by atoms with E-state index in [-0.39, 0.29) is 0 Å². The fraction of sp³-hybridized carbons (Fsp3) is 1.00. The van der Waals surface area contributed by atoms with Gasteiger partial charge in [0.15, 0.2) is 0 Å². The molecule has 1 fully saturated rings. The van der Waals surface area contributed by atoms with Gasteiger partial charge >= 0.3 is 0 Å². The maximum Gasteiger partial charge on any atom is 0.0894 e. The first kappa shape index (κ1) is 11.0. The van der Waals surface area contributed by atoms with E-state index in [1.54, 1.807) is 0 Å². The van der Waals surface area contributed by atoms with Gasteiger partial charge in [0, 0.05) is 12.8 Å². The minimum absolute atomic E-state index is 1.04. The average Bonchev–Trinajstić information content (AvgIpc) is 2.87. The summed E-state index contributed by atoms with van der Waals surface area (Å²) >= 11 is 0. The van der Waals surface area contributed by atoms with Crippen molar-refractivity contribution in [2.45, 2.75) is 58.9 Å². The second-order valence-electron chi connectivity index (χ2n) is 4.62. The highest BCUT2D eigenvalue weighted by Gasteiger charge is 2.42. The average molecular weight is 184 g/mol. The Labute approximate surface area is 83.7 Å². The van der Waals surface area contributed by atoms with Crippen molar-refractivity contribution in [2.24, 2.45) is 0 Å². The van der Waals surface area contributed by atoms with E-state index in [1.807, 2.05) is 0 Å². The largest absolute Gasteiger partial charge is 0.321 e. The van der Waals surface area contributed by atoms with Crippen LogP contribution in [-0.2, 0) is 0 Å². The number of rotatable bonds is 7. The Morgan fingerprint density at radius 3 is 1.46 bits per heavy atom. The molecular formula is C12H26N+. The third kappa shape index (κ3) is 2.70. The van der Waals surface area contributed by atoms with Gasteiger partial charge in [0.05, 0.1) is 25.7 Å². The maximum atomic E-state index is 2.33. The molecule has 1 rings (SSSR count). The monoisotopic (exact) mass is 184 g/mol. The van der Waals surface area contributed by atoms with Crippen molar-refractivity contribution >= 4 is 0 Å². The first-order valence-electron chi connectivity index (χ1n) is 6.14. The quantitative estimate of drug-likeness (QED) is 0.533. The molecule has 0 aromatic carbocycles. The number of hydrogen-bond donors (Lipinski definition) is 0. The van der Waals surface area contributed by atoms with E-state index in [0.717, 1.165) is 6.04 Å². The van der Waals surface area contributed by atoms with Gasteiger partial charge in [0.25, 0.3) is 0 Å². The Bertz CT molecular complexity index is 121. The zero-order valence-electron chi connectivity index (χ0n) is 9.68. The summed E-state index contributed by atoms with van der Waals surface area (Å²) in [6.07, 6.45) is 7.07. The lowest BCUT2D eigenvalue weighted by atomic mass is 10.2. The molecular weight excluding hydrogens is 158 g/mol. The van der Waals surface area contributed by atoms with E-state index < -0.39 is 0 Å². The molecule has 1 nitrogen and oxygen atoms in total. The first-order valence-corrected chi connectivity index (χ1v) is 6.14. The lowest BCUT2D eigenvalue weighted by Crippen LogP contribution is -2.51. The molecule has 0 N–H and O–H groups in total. The van der Waals surface area contributed by atoms with Crippen LogP contribution in [0.15, 0.2) is 0 Å². The highest BCUT2D eigenvalue weighted by atomic mass is 15.4. The minimum Gasteiger partial charge on any atom is -0.321 e. The zero-order valence-corrected chi connectivity index (χ0v) is 9.68. The number of hydrogen-bond acceptors (Lipinski definition) is 0. The van der Waals surface area contributed by atoms with Gasteiger partial charge in [-0.15, -0.1) is 0 Å². The smallest absolute Gasteiger partial charge is 0.0894 e. The lowest BCUT2D eigenvalue weighted by molar-refractivity contribution is -0.938. The van der Waals surface area contributed by atoms with Gasteiger partial charge in [0.1, 0.15) is 0 Å². The Kier molecular flexibility index (Phi) is 4.24. The van der Waals surface area contributed by atoms with Gasteiger partial charge in [-0.2, -0.15) is 0 Å². The third-order valence-corrected chi connectivity index (χ3v) is 3.33. The Morgan fingerprint density at radius 2 is 1.23 bits per heavy atom. The second kappa shape index (κ2) is 4.99. The predicted molar refractivity (Wildman–Crippen MR) is 58.8 cm³/mol. The molecule has 78 valence electrons. The highest BCUT2D eigenvalue weighted by Crippen LogP contribution is 2.34. The Morgan fingerprint density at radius 1 is 0.846 bits per heavy atom. The summed E-state index contributed by atoms with van der Waals surface area (Å²) < 4.78 is 1.45. The predicted octanol–water partition coefficient (Wildman–Crippen LogP) is 3.20. The van der Waals surface area contributed by atoms with Gasteiger partial charge < -0.3 is 4.48 Å². The second-order valence-corrected chi connectivity index (χ2v) is 4.62. The molecule has 0 aromatic heterocycles. The van der Waals surface area contributed by atoms with Gasteiger partial charge in [-0.3, -0.25) is 0 Å². The van der Waals surface area contributed by atoms with Crippen molar-refractivity contribution in [1.82, 2.24) is 0 Å². The van der Waals surface area contributed by atoms with Crippen LogP contribution >= 0.6 is 0 Å². The molecule has 0 amide bonds. The fourth-order valence-corrected chi connectivity index (χ4v) is 2.84. The van der Waals surface area contributed by atoms with E-state index in [1.165, 1.54) is 56.2 Å². The molecule has 0 heterocycles. The molecule has 1 aliphatic rings. The summed E-state index contributed by atoms with van der Waals surface area (Å²) in [5, 5.41) is 0. The summed E-state index contributed by atoms with van der Waals surface area (Å²) in [5.74, 6) is 0. The molecule has 0 atom stereocenters. The standard InChI is InChI=1S/C12H26N/c1-4-9-13(10-5-2,11-6-3)12-7-8-12/h12H,4-11H2,1-3H3/q+1. The zero-order chi connectivity index (χ0) is 9.73. The summed E-state index contributed by atoms with van der Waals surface area (Å²) in [4.78, 5) is 0. The van der Waals surface area contributed by atoms with Crippen LogP contribution in [0.3, 0.4) is 0 Å². The van der Waals surface area contributed by atoms with Crippen LogP contribution < -0.4 is 0 Å². The van der Waals surface area contributed by atoms with Gasteiger partial charge in [-0.25, -0.2) is 0 Å². The molecule has 0 spiro atoms. The molecule has 0 radical (unpaired) electrons. The maximum absolute atomic E-state index is 2.33. The first-order chi connectivity index (χ1) is 6.29. The van der Waals surface area contributed by atoms with E-state index in [9.17, 15) is 0 Å². The van der Waals surface area contributed by atoms with Crippen LogP contribution in [0.25, 0.3) is 0 Å². The van der Waals surface area contributed by atoms with Gasteiger partial charge in [-0.05, 0) is 19.3 Å². The summed E-state index contributed by atoms with van der Waals surface area (Å²) in [6.45, 7) is 11.3. The van der Waals surface area contributed by atoms with Crippen molar-refractivity contribution in [3.63, 3.8) is 0 Å². The van der Waals surface area contributed by atoms with Crippen LogP contribution in [0.2, 0.25) is 0 Å². The van der Waals surface area contributed by atoms with Crippen LogP contribution in [0.4, 0.5) is 0 Å². The molecule has 0 saturated heterocycles. The summed E-state index contributed by atoms with van der Waals surface area (Å²) in [5.41, 5.74) is 0. The van der Waals surface area contributed by atoms with Crippen LogP contribution in [0, 0.1) is 0 Å². The third-order valence-electron chi connectivity index (χ3n) is 3.33. The molecule has 0 unspecified atom stereocenters. The van der Waals surface area contributed by atoms with Gasteiger partial charge in [0.2, 0.25) is 0 Å². The van der Waals surface area contributed by atoms with Crippen molar-refractivity contribution in [2.75, 3.05) is 19.6 Å². The number of nitrogens with zero attached hydrogens (tertiary/aromatic N) is 1. The molecule has 1 heteroatoms. The van der Waals surface area contributed by atoms with E-state index in [0.29, 0.717) is 0 Å². The fourth-order valence-electron chi connectivity index (χ4n) is 2.84. The van der Waals surface area contributed by atoms with Crippen molar-refractivity contribution in [3.05, 3.63) is 0 Å². The van der Waals surface area contributed by atoms with E-state index >= 15 is 0 Å². The normalized spacial score (nSPS) is 17.8. The Hall–Kier alpha value is -0.0400. The molecule has 0 bridgehead atoms. The van der Waals surface area contributed by atoms with Crippen molar-refractivity contribution in [3.8, 4) is 0 Å². The van der Waals surface area contributed by atoms with Crippen LogP contribution in [0.1, 0.15) is 52.9 Å². The number of quaternary nitrogens is 1. The molecule has 0 aromatic rings. The molecule has 1 aliphatic carbocycles. The van der Waals surface area contributed by atoms with E-state index in [4.69, 9.17) is 0 Å². The summed E-state index contributed by atoms with van der Waals surface area (Å²) in [6, 6.07) is 1.04. The summed E-state index contributed by atoms with van der Waals surface area (Å²) in [7, 11) is 0. The topological polar surface area (TPSA) is 0 Å². The Balaban J connectivity index is 2.54. The SMILES string of the molecule is CCC[N+](CCC)(CCC)C1CC1. The van der Waals surface area contributed by atoms with Crippen molar-refractivity contribution in [1.29, 1.82) is 0 Å². The van der Waals surface area contributed by atoms with Crippen LogP contribution in [-0.4, -0.2) is 30.2 Å².